The first-order valence-electron chi connectivity index (χ1n) is 15.5. The number of nitrogens with zero attached hydrogens (tertiary/aromatic N) is 1. The molecule has 0 aliphatic heterocycles. The summed E-state index contributed by atoms with van der Waals surface area (Å²) in [7, 11) is 0. The van der Waals surface area contributed by atoms with E-state index in [9.17, 15) is 4.55 Å². The molecule has 9 rings (SSSR count). The van der Waals surface area contributed by atoms with Crippen LogP contribution >= 0.6 is 0 Å². The number of rotatable bonds is 4. The van der Waals surface area contributed by atoms with Gasteiger partial charge in [-0.25, -0.2) is 4.98 Å². The van der Waals surface area contributed by atoms with Gasteiger partial charge in [0, 0.05) is 38.3 Å². The lowest BCUT2D eigenvalue weighted by Gasteiger charge is -2.19. The minimum atomic E-state index is -1.24. The molecule has 8 aromatic carbocycles. The normalized spacial score (nSPS) is 12.4. The molecular formula is C43H27NOS. The van der Waals surface area contributed by atoms with E-state index in [0.29, 0.717) is 0 Å². The van der Waals surface area contributed by atoms with Gasteiger partial charge in [-0.05, 0) is 80.5 Å². The Morgan fingerprint density at radius 3 is 1.57 bits per heavy atom. The van der Waals surface area contributed by atoms with Gasteiger partial charge < -0.3 is 4.55 Å². The van der Waals surface area contributed by atoms with E-state index in [4.69, 9.17) is 4.98 Å². The van der Waals surface area contributed by atoms with Gasteiger partial charge in [0.15, 0.2) is 9.79 Å². The van der Waals surface area contributed by atoms with E-state index in [1.807, 2.05) is 42.5 Å². The topological polar surface area (TPSA) is 36.0 Å². The molecule has 1 atom stereocenters. The molecule has 0 saturated carbocycles. The van der Waals surface area contributed by atoms with E-state index in [-0.39, 0.29) is 0 Å². The lowest BCUT2D eigenvalue weighted by atomic mass is 9.87. The lowest BCUT2D eigenvalue weighted by molar-refractivity contribution is 0.595. The second-order valence-corrected chi connectivity index (χ2v) is 13.1. The summed E-state index contributed by atoms with van der Waals surface area (Å²) < 4.78 is 13.3. The molecule has 0 fully saturated rings. The highest BCUT2D eigenvalue weighted by molar-refractivity contribution is 7.91. The van der Waals surface area contributed by atoms with E-state index in [0.717, 1.165) is 48.5 Å². The molecule has 46 heavy (non-hydrogen) atoms. The van der Waals surface area contributed by atoms with Crippen LogP contribution in [0.15, 0.2) is 174 Å². The quantitative estimate of drug-likeness (QED) is 0.148. The molecule has 9 aromatic rings. The number of fused-ring (bicyclic) bond motifs is 10. The van der Waals surface area contributed by atoms with E-state index >= 15 is 0 Å². The van der Waals surface area contributed by atoms with Gasteiger partial charge >= 0.3 is 0 Å². The Morgan fingerprint density at radius 1 is 0.391 bits per heavy atom. The molecule has 1 heterocycles. The van der Waals surface area contributed by atoms with E-state index in [1.54, 1.807) is 0 Å². The molecule has 0 amide bonds. The zero-order valence-corrected chi connectivity index (χ0v) is 25.7. The molecular weight excluding hydrogens is 579 g/mol. The van der Waals surface area contributed by atoms with Gasteiger partial charge in [-0.15, -0.1) is 0 Å². The van der Waals surface area contributed by atoms with Crippen molar-refractivity contribution >= 4 is 65.2 Å². The maximum atomic E-state index is 13.3. The number of benzene rings is 8. The van der Waals surface area contributed by atoms with Crippen LogP contribution in [0.2, 0.25) is 0 Å². The van der Waals surface area contributed by atoms with E-state index in [2.05, 4.69) is 121 Å². The van der Waals surface area contributed by atoms with Crippen molar-refractivity contribution in [2.45, 2.75) is 9.79 Å². The van der Waals surface area contributed by atoms with Crippen LogP contribution < -0.4 is 0 Å². The van der Waals surface area contributed by atoms with Gasteiger partial charge in [0.2, 0.25) is 0 Å². The molecule has 1 aromatic heterocycles. The highest BCUT2D eigenvalue weighted by Crippen LogP contribution is 2.45. The Labute approximate surface area is 269 Å². The van der Waals surface area contributed by atoms with Gasteiger partial charge in [0.25, 0.3) is 0 Å². The van der Waals surface area contributed by atoms with Crippen LogP contribution in [-0.4, -0.2) is 9.54 Å². The first-order chi connectivity index (χ1) is 22.8. The van der Waals surface area contributed by atoms with Gasteiger partial charge in [-0.3, -0.25) is 0 Å². The fourth-order valence-electron chi connectivity index (χ4n) is 6.99. The summed E-state index contributed by atoms with van der Waals surface area (Å²) in [6, 6.07) is 56.7. The Morgan fingerprint density at radius 2 is 0.891 bits per heavy atom. The number of hydrogen-bond donors (Lipinski definition) is 0. The maximum absolute atomic E-state index is 13.3. The van der Waals surface area contributed by atoms with Gasteiger partial charge in [-0.2, -0.15) is 0 Å². The monoisotopic (exact) mass is 605 g/mol. The first kappa shape index (κ1) is 26.9. The Kier molecular flexibility index (Phi) is 6.34. The number of hydrogen-bond acceptors (Lipinski definition) is 2. The predicted octanol–water partition coefficient (Wildman–Crippen LogP) is 11.3. The molecule has 0 radical (unpaired) electrons. The van der Waals surface area contributed by atoms with Crippen molar-refractivity contribution in [2.24, 2.45) is 0 Å². The Hall–Kier alpha value is -5.48. The summed E-state index contributed by atoms with van der Waals surface area (Å²) >= 11 is -1.24. The molecule has 0 aliphatic rings. The Balaban J connectivity index is 1.40. The fourth-order valence-corrected chi connectivity index (χ4v) is 8.05. The second kappa shape index (κ2) is 10.8. The van der Waals surface area contributed by atoms with Crippen LogP contribution in [0.1, 0.15) is 0 Å². The average Bonchev–Trinajstić information content (AvgIpc) is 3.14. The standard InChI is InChI=1S/C43H27NOS/c45-46(30-15-5-2-6-16-30)31-25-23-28(24-26-31)38-27-39-40(35-20-10-8-19-34(35)38)41-36-21-11-7-17-32(36)33-18-9-12-22-37(33)43(41)44-42(39)29-13-3-1-4-14-29/h1-27H. The number of aromatic nitrogens is 1. The zero-order valence-electron chi connectivity index (χ0n) is 24.9. The third kappa shape index (κ3) is 4.21. The molecule has 0 spiro atoms. The highest BCUT2D eigenvalue weighted by Gasteiger charge is 2.21. The molecule has 3 heteroatoms. The second-order valence-electron chi connectivity index (χ2n) is 11.6. The van der Waals surface area contributed by atoms with Crippen LogP contribution in [0, 0.1) is 0 Å². The van der Waals surface area contributed by atoms with Crippen molar-refractivity contribution in [3.63, 3.8) is 0 Å². The van der Waals surface area contributed by atoms with Crippen molar-refractivity contribution in [3.05, 3.63) is 164 Å². The average molecular weight is 606 g/mol. The molecule has 0 aliphatic carbocycles. The van der Waals surface area contributed by atoms with Crippen molar-refractivity contribution < 1.29 is 4.55 Å². The van der Waals surface area contributed by atoms with Gasteiger partial charge in [-0.1, -0.05) is 121 Å². The third-order valence-electron chi connectivity index (χ3n) is 9.06. The van der Waals surface area contributed by atoms with Crippen molar-refractivity contribution in [2.75, 3.05) is 0 Å². The number of pyridine rings is 1. The first-order valence-corrected chi connectivity index (χ1v) is 16.6. The molecule has 1 unspecified atom stereocenters. The lowest BCUT2D eigenvalue weighted by Crippen LogP contribution is -2.01. The van der Waals surface area contributed by atoms with Gasteiger partial charge in [0.1, 0.15) is 0 Å². The largest absolute Gasteiger partial charge is 0.606 e. The molecule has 2 nitrogen and oxygen atoms in total. The Bertz CT molecular complexity index is 2580. The molecule has 0 N–H and O–H groups in total. The smallest absolute Gasteiger partial charge is 0.158 e. The van der Waals surface area contributed by atoms with Crippen LogP contribution in [0.5, 0.6) is 0 Å². The van der Waals surface area contributed by atoms with Crippen molar-refractivity contribution in [3.8, 4) is 22.4 Å². The SMILES string of the molecule is [O-][S+](c1ccccc1)c1ccc(-c2cc3c(-c4ccccc4)nc4c5ccccc5c5ccccc5c4c3c3ccccc23)cc1. The van der Waals surface area contributed by atoms with Crippen LogP contribution in [-0.2, 0) is 11.2 Å². The minimum Gasteiger partial charge on any atom is -0.606 e. The highest BCUT2D eigenvalue weighted by atomic mass is 32.2. The third-order valence-corrected chi connectivity index (χ3v) is 10.5. The van der Waals surface area contributed by atoms with Crippen molar-refractivity contribution in [1.82, 2.24) is 4.98 Å². The summed E-state index contributed by atoms with van der Waals surface area (Å²) in [5, 5.41) is 10.7. The summed E-state index contributed by atoms with van der Waals surface area (Å²) in [5.74, 6) is 0. The van der Waals surface area contributed by atoms with Crippen LogP contribution in [0.25, 0.3) is 76.4 Å². The van der Waals surface area contributed by atoms with Gasteiger partial charge in [0.05, 0.1) is 11.2 Å². The fraction of sp³-hybridized carbons (Fsp3) is 0. The summed E-state index contributed by atoms with van der Waals surface area (Å²) in [5.41, 5.74) is 5.28. The minimum absolute atomic E-state index is 0.788. The van der Waals surface area contributed by atoms with E-state index < -0.39 is 11.2 Å². The van der Waals surface area contributed by atoms with Crippen LogP contribution in [0.3, 0.4) is 0 Å². The molecule has 0 saturated heterocycles. The summed E-state index contributed by atoms with van der Waals surface area (Å²) in [6.07, 6.45) is 0. The van der Waals surface area contributed by atoms with Crippen LogP contribution in [0.4, 0.5) is 0 Å². The predicted molar refractivity (Wildman–Crippen MR) is 194 cm³/mol. The maximum Gasteiger partial charge on any atom is 0.158 e. The van der Waals surface area contributed by atoms with E-state index in [1.165, 1.54) is 37.7 Å². The zero-order chi connectivity index (χ0) is 30.6. The summed E-state index contributed by atoms with van der Waals surface area (Å²) in [6.45, 7) is 0. The molecule has 216 valence electrons. The van der Waals surface area contributed by atoms with Crippen molar-refractivity contribution in [1.29, 1.82) is 0 Å². The summed E-state index contributed by atoms with van der Waals surface area (Å²) in [4.78, 5) is 7.11. The molecule has 0 bridgehead atoms.